The maximum absolute atomic E-state index is 5.99. The maximum Gasteiger partial charge on any atom is 0.110 e. The number of ether oxygens (including phenoxy) is 5. The number of rotatable bonds is 5. The van der Waals surface area contributed by atoms with Crippen molar-refractivity contribution in [2.75, 3.05) is 48.6 Å². The molecule has 162 valence electrons. The van der Waals surface area contributed by atoms with Crippen LogP contribution in [0.15, 0.2) is 0 Å². The van der Waals surface area contributed by atoms with Crippen molar-refractivity contribution in [2.45, 2.75) is 68.7 Å². The quantitative estimate of drug-likeness (QED) is 0.742. The molecule has 0 radical (unpaired) electrons. The molecular weight excluding hydrogens is 358 g/mol. The van der Waals surface area contributed by atoms with Crippen molar-refractivity contribution >= 4 is 0 Å². The van der Waals surface area contributed by atoms with Crippen LogP contribution in [0.4, 0.5) is 0 Å². The Kier molecular flexibility index (Phi) is 6.65. The molecule has 6 nitrogen and oxygen atoms in total. The Hall–Kier alpha value is -0.240. The van der Waals surface area contributed by atoms with Gasteiger partial charge in [0, 0.05) is 66.1 Å². The van der Waals surface area contributed by atoms with Crippen molar-refractivity contribution in [3.8, 4) is 0 Å². The molecule has 28 heavy (non-hydrogen) atoms. The summed E-state index contributed by atoms with van der Waals surface area (Å²) in [6.07, 6.45) is 6.84. The van der Waals surface area contributed by atoms with Crippen LogP contribution in [0.2, 0.25) is 0 Å². The summed E-state index contributed by atoms with van der Waals surface area (Å²) in [5.41, 5.74) is 0. The monoisotopic (exact) mass is 398 g/mol. The molecule has 0 aromatic rings. The van der Waals surface area contributed by atoms with E-state index in [2.05, 4.69) is 0 Å². The SMILES string of the molecule is COC1CCC2CC3C4CC(OC)C(OC)C(OC)C4CC[NH+]3CC2C1OC. The van der Waals surface area contributed by atoms with Gasteiger partial charge in [-0.15, -0.1) is 0 Å². The minimum atomic E-state index is 0.0455. The van der Waals surface area contributed by atoms with Gasteiger partial charge in [-0.2, -0.15) is 0 Å². The van der Waals surface area contributed by atoms with Crippen LogP contribution in [0.25, 0.3) is 0 Å². The number of hydrogen-bond acceptors (Lipinski definition) is 5. The minimum Gasteiger partial charge on any atom is -0.379 e. The first-order valence-electron chi connectivity index (χ1n) is 11.1. The second-order valence-corrected chi connectivity index (χ2v) is 9.46. The predicted octanol–water partition coefficient (Wildman–Crippen LogP) is 0.785. The number of fused-ring (bicyclic) bond motifs is 4. The number of hydrogen-bond donors (Lipinski definition) is 1. The van der Waals surface area contributed by atoms with Gasteiger partial charge in [0.1, 0.15) is 6.10 Å². The van der Waals surface area contributed by atoms with E-state index in [0.29, 0.717) is 23.8 Å². The lowest BCUT2D eigenvalue weighted by Crippen LogP contribution is -3.20. The van der Waals surface area contributed by atoms with Crippen LogP contribution in [0.3, 0.4) is 0 Å². The third-order valence-electron chi connectivity index (χ3n) is 8.70. The number of quaternary nitrogens is 1. The van der Waals surface area contributed by atoms with E-state index in [4.69, 9.17) is 23.7 Å². The van der Waals surface area contributed by atoms with Crippen LogP contribution in [0.1, 0.15) is 32.1 Å². The largest absolute Gasteiger partial charge is 0.379 e. The van der Waals surface area contributed by atoms with Gasteiger partial charge in [0.05, 0.1) is 43.5 Å². The maximum atomic E-state index is 5.99. The van der Waals surface area contributed by atoms with Gasteiger partial charge in [0.15, 0.2) is 0 Å². The highest BCUT2D eigenvalue weighted by Gasteiger charge is 2.57. The Bertz CT molecular complexity index is 519. The normalized spacial score (nSPS) is 51.1. The molecule has 2 aliphatic heterocycles. The van der Waals surface area contributed by atoms with Gasteiger partial charge in [0.2, 0.25) is 0 Å². The third-order valence-corrected chi connectivity index (χ3v) is 8.70. The second kappa shape index (κ2) is 8.86. The predicted molar refractivity (Wildman–Crippen MR) is 106 cm³/mol. The molecule has 4 rings (SSSR count). The van der Waals surface area contributed by atoms with Crippen LogP contribution in [-0.4, -0.2) is 85.2 Å². The molecule has 0 aromatic carbocycles. The summed E-state index contributed by atoms with van der Waals surface area (Å²) < 4.78 is 29.4. The Balaban J connectivity index is 1.54. The lowest BCUT2D eigenvalue weighted by Gasteiger charge is -2.56. The van der Waals surface area contributed by atoms with Crippen LogP contribution < -0.4 is 4.90 Å². The van der Waals surface area contributed by atoms with Crippen molar-refractivity contribution in [2.24, 2.45) is 23.7 Å². The summed E-state index contributed by atoms with van der Waals surface area (Å²) in [4.78, 5) is 1.78. The molecule has 11 unspecified atom stereocenters. The van der Waals surface area contributed by atoms with E-state index in [-0.39, 0.29) is 30.5 Å². The van der Waals surface area contributed by atoms with Crippen LogP contribution >= 0.6 is 0 Å². The van der Waals surface area contributed by atoms with E-state index >= 15 is 0 Å². The first kappa shape index (κ1) is 21.0. The lowest BCUT2D eigenvalue weighted by molar-refractivity contribution is -0.948. The number of methoxy groups -OCH3 is 5. The summed E-state index contributed by atoms with van der Waals surface area (Å²) in [7, 11) is 9.17. The van der Waals surface area contributed by atoms with Crippen molar-refractivity contribution in [1.29, 1.82) is 0 Å². The summed E-state index contributed by atoms with van der Waals surface area (Å²) in [6, 6.07) is 0.713. The zero-order valence-corrected chi connectivity index (χ0v) is 18.3. The molecule has 11 atom stereocenters. The lowest BCUT2D eigenvalue weighted by atomic mass is 9.61. The van der Waals surface area contributed by atoms with E-state index < -0.39 is 0 Å². The van der Waals surface area contributed by atoms with Gasteiger partial charge in [-0.3, -0.25) is 0 Å². The molecule has 1 N–H and O–H groups in total. The average Bonchev–Trinajstić information content (AvgIpc) is 2.74. The van der Waals surface area contributed by atoms with E-state index in [9.17, 15) is 0 Å². The zero-order valence-electron chi connectivity index (χ0n) is 18.3. The van der Waals surface area contributed by atoms with E-state index in [0.717, 1.165) is 18.8 Å². The Labute approximate surface area is 170 Å². The van der Waals surface area contributed by atoms with Crippen LogP contribution in [0, 0.1) is 23.7 Å². The first-order chi connectivity index (χ1) is 13.7. The molecule has 2 saturated heterocycles. The van der Waals surface area contributed by atoms with Crippen LogP contribution in [0.5, 0.6) is 0 Å². The van der Waals surface area contributed by atoms with Gasteiger partial charge in [-0.05, 0) is 25.2 Å². The average molecular weight is 399 g/mol. The van der Waals surface area contributed by atoms with Gasteiger partial charge < -0.3 is 28.6 Å². The fraction of sp³-hybridized carbons (Fsp3) is 1.00. The zero-order chi connectivity index (χ0) is 19.8. The van der Waals surface area contributed by atoms with Gasteiger partial charge in [0.25, 0.3) is 0 Å². The highest BCUT2D eigenvalue weighted by molar-refractivity contribution is 5.01. The summed E-state index contributed by atoms with van der Waals surface area (Å²) in [5, 5.41) is 0. The number of piperidine rings is 2. The van der Waals surface area contributed by atoms with E-state index in [1.54, 1.807) is 12.0 Å². The Morgan fingerprint density at radius 2 is 1.32 bits per heavy atom. The Morgan fingerprint density at radius 3 is 1.96 bits per heavy atom. The van der Waals surface area contributed by atoms with Crippen LogP contribution in [-0.2, 0) is 23.7 Å². The van der Waals surface area contributed by atoms with Gasteiger partial charge in [-0.1, -0.05) is 0 Å². The molecule has 4 fully saturated rings. The smallest absolute Gasteiger partial charge is 0.110 e. The summed E-state index contributed by atoms with van der Waals surface area (Å²) in [5.74, 6) is 2.62. The topological polar surface area (TPSA) is 50.6 Å². The molecule has 4 aliphatic rings. The summed E-state index contributed by atoms with van der Waals surface area (Å²) in [6.45, 7) is 2.46. The number of nitrogens with one attached hydrogen (secondary N) is 1. The van der Waals surface area contributed by atoms with Crippen molar-refractivity contribution < 1.29 is 28.6 Å². The molecule has 2 saturated carbocycles. The van der Waals surface area contributed by atoms with E-state index in [1.807, 2.05) is 28.4 Å². The van der Waals surface area contributed by atoms with Crippen molar-refractivity contribution in [3.63, 3.8) is 0 Å². The molecule has 0 spiro atoms. The van der Waals surface area contributed by atoms with Gasteiger partial charge in [-0.25, -0.2) is 0 Å². The molecule has 6 heteroatoms. The molecule has 0 amide bonds. The van der Waals surface area contributed by atoms with Crippen molar-refractivity contribution in [1.82, 2.24) is 0 Å². The molecule has 2 heterocycles. The highest BCUT2D eigenvalue weighted by Crippen LogP contribution is 2.45. The molecular formula is C22H40NO5+. The minimum absolute atomic E-state index is 0.0455. The third kappa shape index (κ3) is 3.44. The second-order valence-electron chi connectivity index (χ2n) is 9.46. The van der Waals surface area contributed by atoms with Gasteiger partial charge >= 0.3 is 0 Å². The standard InChI is InChI=1S/C22H39NO5/c1-24-18-7-6-13-10-17-15-11-19(25-2)22(28-5)21(27-4)14(15)8-9-23(17)12-16(13)20(18)26-3/h13-22H,6-12H2,1-5H3/p+1. The summed E-state index contributed by atoms with van der Waals surface area (Å²) >= 11 is 0. The Morgan fingerprint density at radius 1 is 0.607 bits per heavy atom. The highest BCUT2D eigenvalue weighted by atomic mass is 16.6. The van der Waals surface area contributed by atoms with E-state index in [1.165, 1.54) is 32.4 Å². The molecule has 0 aromatic heterocycles. The fourth-order valence-corrected chi connectivity index (χ4v) is 7.46. The molecule has 2 aliphatic carbocycles. The first-order valence-corrected chi connectivity index (χ1v) is 11.1. The molecule has 0 bridgehead atoms. The fourth-order valence-electron chi connectivity index (χ4n) is 7.46. The van der Waals surface area contributed by atoms with Crippen molar-refractivity contribution in [3.05, 3.63) is 0 Å².